The van der Waals surface area contributed by atoms with Gasteiger partial charge in [0.25, 0.3) is 0 Å². The van der Waals surface area contributed by atoms with Crippen molar-refractivity contribution >= 4 is 28.5 Å². The Labute approximate surface area is 170 Å². The number of anilines is 1. The Kier molecular flexibility index (Phi) is 5.31. The molecule has 0 aliphatic heterocycles. The summed E-state index contributed by atoms with van der Waals surface area (Å²) in [5.41, 5.74) is 4.15. The molecule has 0 spiro atoms. The molecule has 0 amide bonds. The van der Waals surface area contributed by atoms with Crippen LogP contribution in [-0.2, 0) is 0 Å². The van der Waals surface area contributed by atoms with Crippen molar-refractivity contribution < 1.29 is 0 Å². The normalized spacial score (nSPS) is 11.3. The minimum atomic E-state index is 0.636. The fourth-order valence-electron chi connectivity index (χ4n) is 3.31. The number of hydrogen-bond acceptors (Lipinski definition) is 3. The highest BCUT2D eigenvalue weighted by Gasteiger charge is 2.17. The summed E-state index contributed by atoms with van der Waals surface area (Å²) < 4.78 is 2.10. The van der Waals surface area contributed by atoms with Crippen molar-refractivity contribution in [3.8, 4) is 16.8 Å². The summed E-state index contributed by atoms with van der Waals surface area (Å²) in [5.74, 6) is 1.51. The first-order valence-electron chi connectivity index (χ1n) is 9.55. The van der Waals surface area contributed by atoms with Gasteiger partial charge in [0.15, 0.2) is 5.65 Å². The number of nitrogens with zero attached hydrogens (tertiary/aromatic N) is 3. The van der Waals surface area contributed by atoms with Crippen molar-refractivity contribution in [1.82, 2.24) is 14.5 Å². The van der Waals surface area contributed by atoms with Gasteiger partial charge in [-0.25, -0.2) is 9.97 Å². The van der Waals surface area contributed by atoms with Gasteiger partial charge < -0.3 is 9.88 Å². The van der Waals surface area contributed by atoms with Crippen LogP contribution in [0.5, 0.6) is 0 Å². The molecule has 2 heterocycles. The van der Waals surface area contributed by atoms with Crippen molar-refractivity contribution in [1.29, 1.82) is 0 Å². The van der Waals surface area contributed by atoms with Gasteiger partial charge in [-0.3, -0.25) is 0 Å². The van der Waals surface area contributed by atoms with Crippen LogP contribution < -0.4 is 5.32 Å². The molecule has 0 atom stereocenters. The molecule has 0 saturated heterocycles. The lowest BCUT2D eigenvalue weighted by atomic mass is 10.1. The van der Waals surface area contributed by atoms with Crippen molar-refractivity contribution in [2.45, 2.75) is 20.3 Å². The second kappa shape index (κ2) is 8.03. The number of aromatic nitrogens is 3. The smallest absolute Gasteiger partial charge is 0.150 e. The van der Waals surface area contributed by atoms with Crippen LogP contribution in [-0.4, -0.2) is 21.1 Å². The predicted octanol–water partition coefficient (Wildman–Crippen LogP) is 6.20. The molecule has 0 bridgehead atoms. The zero-order valence-corrected chi connectivity index (χ0v) is 16.8. The maximum Gasteiger partial charge on any atom is 0.150 e. The van der Waals surface area contributed by atoms with Gasteiger partial charge in [-0.15, -0.1) is 0 Å². The molecule has 142 valence electrons. The minimum Gasteiger partial charge on any atom is -0.369 e. The minimum absolute atomic E-state index is 0.636. The summed E-state index contributed by atoms with van der Waals surface area (Å²) >= 11 is 6.08. The fraction of sp³-hybridized carbons (Fsp3) is 0.217. The van der Waals surface area contributed by atoms with Gasteiger partial charge >= 0.3 is 0 Å². The summed E-state index contributed by atoms with van der Waals surface area (Å²) in [6.45, 7) is 5.33. The zero-order valence-electron chi connectivity index (χ0n) is 16.1. The van der Waals surface area contributed by atoms with Crippen LogP contribution in [0.15, 0.2) is 67.1 Å². The lowest BCUT2D eigenvalue weighted by molar-refractivity contribution is 0.607. The number of rotatable bonds is 6. The molecule has 2 aromatic carbocycles. The van der Waals surface area contributed by atoms with E-state index in [9.17, 15) is 0 Å². The average molecular weight is 391 g/mol. The monoisotopic (exact) mass is 390 g/mol. The van der Waals surface area contributed by atoms with Crippen LogP contribution in [0.2, 0.25) is 5.02 Å². The van der Waals surface area contributed by atoms with Crippen molar-refractivity contribution in [3.63, 3.8) is 0 Å². The third kappa shape index (κ3) is 3.73. The molecule has 4 aromatic rings. The molecule has 5 heteroatoms. The average Bonchev–Trinajstić information content (AvgIpc) is 3.10. The molecular weight excluding hydrogens is 368 g/mol. The second-order valence-electron chi connectivity index (χ2n) is 7.29. The molecule has 0 saturated carbocycles. The Bertz CT molecular complexity index is 1070. The highest BCUT2D eigenvalue weighted by molar-refractivity contribution is 6.30. The van der Waals surface area contributed by atoms with Gasteiger partial charge in [0.05, 0.1) is 5.39 Å². The van der Waals surface area contributed by atoms with E-state index in [0.717, 1.165) is 46.6 Å². The Morgan fingerprint density at radius 3 is 2.46 bits per heavy atom. The zero-order chi connectivity index (χ0) is 19.5. The van der Waals surface area contributed by atoms with Gasteiger partial charge in [0.2, 0.25) is 0 Å². The number of nitrogens with one attached hydrogen (secondary N) is 1. The SMILES string of the molecule is CC(C)CCNc1ncnc2c1c(-c1ccccc1)cn2-c1ccc(Cl)cc1. The number of benzene rings is 2. The molecule has 0 aliphatic carbocycles. The van der Waals surface area contributed by atoms with E-state index >= 15 is 0 Å². The van der Waals surface area contributed by atoms with Gasteiger partial charge in [0.1, 0.15) is 12.1 Å². The first kappa shape index (κ1) is 18.5. The summed E-state index contributed by atoms with van der Waals surface area (Å²) in [7, 11) is 0. The Morgan fingerprint density at radius 1 is 1.00 bits per heavy atom. The molecule has 0 aliphatic rings. The fourth-order valence-corrected chi connectivity index (χ4v) is 3.44. The van der Waals surface area contributed by atoms with Crippen LogP contribution in [0, 0.1) is 5.92 Å². The molecule has 0 fully saturated rings. The number of fused-ring (bicyclic) bond motifs is 1. The van der Waals surface area contributed by atoms with E-state index in [1.807, 2.05) is 30.3 Å². The highest BCUT2D eigenvalue weighted by atomic mass is 35.5. The topological polar surface area (TPSA) is 42.7 Å². The van der Waals surface area contributed by atoms with E-state index in [1.165, 1.54) is 0 Å². The van der Waals surface area contributed by atoms with E-state index in [2.05, 4.69) is 64.2 Å². The Hall–Kier alpha value is -2.85. The molecule has 4 nitrogen and oxygen atoms in total. The second-order valence-corrected chi connectivity index (χ2v) is 7.72. The van der Waals surface area contributed by atoms with Crippen LogP contribution >= 0.6 is 11.6 Å². The number of hydrogen-bond donors (Lipinski definition) is 1. The quantitative estimate of drug-likeness (QED) is 0.426. The van der Waals surface area contributed by atoms with E-state index < -0.39 is 0 Å². The summed E-state index contributed by atoms with van der Waals surface area (Å²) in [6.07, 6.45) is 4.84. The van der Waals surface area contributed by atoms with Crippen molar-refractivity contribution in [2.75, 3.05) is 11.9 Å². The van der Waals surface area contributed by atoms with Crippen LogP contribution in [0.25, 0.3) is 27.8 Å². The molecule has 0 unspecified atom stereocenters. The van der Waals surface area contributed by atoms with Gasteiger partial charge in [-0.1, -0.05) is 55.8 Å². The highest BCUT2D eigenvalue weighted by Crippen LogP contribution is 2.35. The van der Waals surface area contributed by atoms with Crippen LogP contribution in [0.3, 0.4) is 0 Å². The summed E-state index contributed by atoms with van der Waals surface area (Å²) in [4.78, 5) is 9.16. The first-order valence-corrected chi connectivity index (χ1v) is 9.92. The lowest BCUT2D eigenvalue weighted by Gasteiger charge is -2.10. The molecule has 1 N–H and O–H groups in total. The van der Waals surface area contributed by atoms with Crippen molar-refractivity contribution in [3.05, 3.63) is 72.1 Å². The van der Waals surface area contributed by atoms with Gasteiger partial charge in [-0.2, -0.15) is 0 Å². The molecular formula is C23H23ClN4. The third-order valence-electron chi connectivity index (χ3n) is 4.79. The standard InChI is InChI=1S/C23H23ClN4/c1-16(2)12-13-25-22-21-20(17-6-4-3-5-7-17)14-28(23(21)27-15-26-22)19-10-8-18(24)9-11-19/h3-11,14-16H,12-13H2,1-2H3,(H,25,26,27). The Balaban J connectivity index is 1.88. The van der Waals surface area contributed by atoms with E-state index in [4.69, 9.17) is 11.6 Å². The van der Waals surface area contributed by atoms with Crippen molar-refractivity contribution in [2.24, 2.45) is 5.92 Å². The van der Waals surface area contributed by atoms with E-state index in [-0.39, 0.29) is 0 Å². The van der Waals surface area contributed by atoms with Crippen LogP contribution in [0.1, 0.15) is 20.3 Å². The molecule has 2 aromatic heterocycles. The Morgan fingerprint density at radius 2 is 1.75 bits per heavy atom. The molecule has 4 rings (SSSR count). The lowest BCUT2D eigenvalue weighted by Crippen LogP contribution is -2.07. The first-order chi connectivity index (χ1) is 13.6. The largest absolute Gasteiger partial charge is 0.369 e. The van der Waals surface area contributed by atoms with Crippen LogP contribution in [0.4, 0.5) is 5.82 Å². The number of halogens is 1. The third-order valence-corrected chi connectivity index (χ3v) is 5.04. The van der Waals surface area contributed by atoms with Gasteiger partial charge in [0, 0.05) is 29.0 Å². The molecule has 0 radical (unpaired) electrons. The summed E-state index contributed by atoms with van der Waals surface area (Å²) in [6, 6.07) is 18.2. The predicted molar refractivity (Wildman–Crippen MR) is 117 cm³/mol. The maximum absolute atomic E-state index is 6.08. The summed E-state index contributed by atoms with van der Waals surface area (Å²) in [5, 5.41) is 5.27. The van der Waals surface area contributed by atoms with Gasteiger partial charge in [-0.05, 0) is 42.2 Å². The molecule has 28 heavy (non-hydrogen) atoms. The maximum atomic E-state index is 6.08. The van der Waals surface area contributed by atoms with E-state index in [0.29, 0.717) is 10.9 Å². The van der Waals surface area contributed by atoms with E-state index in [1.54, 1.807) is 6.33 Å².